The zero-order valence-corrected chi connectivity index (χ0v) is 13.7. The Kier molecular flexibility index (Phi) is 3.93. The quantitative estimate of drug-likeness (QED) is 0.772. The number of fused-ring (bicyclic) bond motifs is 1. The fourth-order valence-electron chi connectivity index (χ4n) is 3.11. The van der Waals surface area contributed by atoms with Crippen LogP contribution in [0.5, 0.6) is 0 Å². The summed E-state index contributed by atoms with van der Waals surface area (Å²) in [6, 6.07) is 12.7. The molecule has 1 saturated heterocycles. The molecular weight excluding hydrogens is 316 g/mol. The maximum Gasteiger partial charge on any atom is 0.261 e. The van der Waals surface area contributed by atoms with Gasteiger partial charge in [0.15, 0.2) is 0 Å². The first-order valence-corrected chi connectivity index (χ1v) is 8.35. The molecule has 1 aliphatic heterocycles. The average Bonchev–Trinajstić information content (AvgIpc) is 3.16. The third-order valence-electron chi connectivity index (χ3n) is 4.43. The molecule has 0 bridgehead atoms. The first-order chi connectivity index (χ1) is 12.2. The Hall–Kier alpha value is -3.15. The number of H-pyrrole nitrogens is 1. The second-order valence-electron chi connectivity index (χ2n) is 6.15. The summed E-state index contributed by atoms with van der Waals surface area (Å²) in [6.45, 7) is 2.04. The number of anilines is 2. The zero-order valence-electron chi connectivity index (χ0n) is 13.7. The van der Waals surface area contributed by atoms with Gasteiger partial charge in [-0.15, -0.1) is 0 Å². The van der Waals surface area contributed by atoms with Crippen LogP contribution >= 0.6 is 0 Å². The van der Waals surface area contributed by atoms with Gasteiger partial charge >= 0.3 is 0 Å². The van der Waals surface area contributed by atoms with Gasteiger partial charge in [0.05, 0.1) is 11.9 Å². The number of nitrogens with one attached hydrogen (secondary N) is 2. The molecule has 126 valence electrons. The number of benzene rings is 1. The Morgan fingerprint density at radius 3 is 2.68 bits per heavy atom. The lowest BCUT2D eigenvalue weighted by Gasteiger charge is -2.16. The summed E-state index contributed by atoms with van der Waals surface area (Å²) in [7, 11) is 0. The largest absolute Gasteiger partial charge is 0.357 e. The van der Waals surface area contributed by atoms with E-state index >= 15 is 0 Å². The molecule has 1 amide bonds. The van der Waals surface area contributed by atoms with Crippen molar-refractivity contribution in [2.75, 3.05) is 23.3 Å². The first kappa shape index (κ1) is 15.4. The van der Waals surface area contributed by atoms with Gasteiger partial charge in [0.1, 0.15) is 11.4 Å². The van der Waals surface area contributed by atoms with Crippen LogP contribution in [0.1, 0.15) is 23.2 Å². The number of amides is 1. The molecule has 1 aromatic carbocycles. The second-order valence-corrected chi connectivity index (χ2v) is 6.15. The number of aromatic nitrogens is 2. The molecule has 1 fully saturated rings. The lowest BCUT2D eigenvalue weighted by atomic mass is 10.1. The van der Waals surface area contributed by atoms with Gasteiger partial charge in [-0.2, -0.15) is 0 Å². The molecule has 2 N–H and O–H groups in total. The summed E-state index contributed by atoms with van der Waals surface area (Å²) in [6.07, 6.45) is 4.00. The van der Waals surface area contributed by atoms with E-state index in [1.165, 1.54) is 12.8 Å². The molecule has 6 heteroatoms. The lowest BCUT2D eigenvalue weighted by Crippen LogP contribution is -2.23. The summed E-state index contributed by atoms with van der Waals surface area (Å²) in [4.78, 5) is 34.0. The number of carbonyl (C=O) groups is 1. The summed E-state index contributed by atoms with van der Waals surface area (Å²) < 4.78 is 0. The SMILES string of the molecule is O=C(Nc1ccc(N2CCCC2)nc1)c1cc2ccccc2[nH]c1=O. The normalized spacial score (nSPS) is 14.0. The molecule has 0 spiro atoms. The number of nitrogens with zero attached hydrogens (tertiary/aromatic N) is 2. The van der Waals surface area contributed by atoms with E-state index < -0.39 is 11.5 Å². The van der Waals surface area contributed by atoms with Crippen LogP contribution < -0.4 is 15.8 Å². The van der Waals surface area contributed by atoms with Crippen molar-refractivity contribution < 1.29 is 4.79 Å². The fourth-order valence-corrected chi connectivity index (χ4v) is 3.11. The monoisotopic (exact) mass is 334 g/mol. The molecule has 0 saturated carbocycles. The standard InChI is InChI=1S/C19H18N4O2/c24-18(15-11-13-5-1-2-6-16(13)22-19(15)25)21-14-7-8-17(20-12-14)23-9-3-4-10-23/h1-2,5-8,11-12H,3-4,9-10H2,(H,21,24)(H,22,25). The van der Waals surface area contributed by atoms with Gasteiger partial charge in [-0.1, -0.05) is 18.2 Å². The average molecular weight is 334 g/mol. The van der Waals surface area contributed by atoms with E-state index in [-0.39, 0.29) is 5.56 Å². The summed E-state index contributed by atoms with van der Waals surface area (Å²) in [5, 5.41) is 3.56. The van der Waals surface area contributed by atoms with Gasteiger partial charge in [-0.05, 0) is 42.5 Å². The maximum atomic E-state index is 12.5. The molecule has 4 rings (SSSR count). The van der Waals surface area contributed by atoms with E-state index in [9.17, 15) is 9.59 Å². The fraction of sp³-hybridized carbons (Fsp3) is 0.211. The minimum Gasteiger partial charge on any atom is -0.357 e. The predicted octanol–water partition coefficient (Wildman–Crippen LogP) is 2.78. The topological polar surface area (TPSA) is 78.1 Å². The van der Waals surface area contributed by atoms with E-state index in [1.807, 2.05) is 30.3 Å². The highest BCUT2D eigenvalue weighted by atomic mass is 16.2. The van der Waals surface area contributed by atoms with Gasteiger partial charge in [-0.3, -0.25) is 9.59 Å². The van der Waals surface area contributed by atoms with Crippen molar-refractivity contribution in [1.29, 1.82) is 0 Å². The van der Waals surface area contributed by atoms with Gasteiger partial charge in [0, 0.05) is 18.6 Å². The van der Waals surface area contributed by atoms with Crippen molar-refractivity contribution >= 4 is 28.3 Å². The number of aromatic amines is 1. The van der Waals surface area contributed by atoms with Crippen molar-refractivity contribution in [2.24, 2.45) is 0 Å². The van der Waals surface area contributed by atoms with Crippen LogP contribution in [0.3, 0.4) is 0 Å². The number of carbonyl (C=O) groups excluding carboxylic acids is 1. The maximum absolute atomic E-state index is 12.5. The molecule has 0 radical (unpaired) electrons. The van der Waals surface area contributed by atoms with Crippen molar-refractivity contribution in [1.82, 2.24) is 9.97 Å². The van der Waals surface area contributed by atoms with Crippen molar-refractivity contribution in [3.8, 4) is 0 Å². The molecule has 0 atom stereocenters. The van der Waals surface area contributed by atoms with Gasteiger partial charge in [0.25, 0.3) is 11.5 Å². The highest BCUT2D eigenvalue weighted by Crippen LogP contribution is 2.19. The number of para-hydroxylation sites is 1. The Balaban J connectivity index is 1.55. The summed E-state index contributed by atoms with van der Waals surface area (Å²) in [5.41, 5.74) is 0.960. The molecule has 6 nitrogen and oxygen atoms in total. The van der Waals surface area contributed by atoms with Crippen LogP contribution in [0, 0.1) is 0 Å². The van der Waals surface area contributed by atoms with Crippen molar-refractivity contribution in [2.45, 2.75) is 12.8 Å². The van der Waals surface area contributed by atoms with Gasteiger partial charge in [0.2, 0.25) is 0 Å². The van der Waals surface area contributed by atoms with E-state index in [0.29, 0.717) is 11.2 Å². The molecule has 2 aromatic heterocycles. The number of rotatable bonds is 3. The van der Waals surface area contributed by atoms with Crippen LogP contribution in [-0.4, -0.2) is 29.0 Å². The molecule has 0 aliphatic carbocycles. The molecule has 0 unspecified atom stereocenters. The Bertz CT molecular complexity index is 973. The van der Waals surface area contributed by atoms with Gasteiger partial charge in [-0.25, -0.2) is 4.98 Å². The van der Waals surface area contributed by atoms with Crippen molar-refractivity contribution in [3.05, 3.63) is 64.6 Å². The minimum absolute atomic E-state index is 0.0855. The summed E-state index contributed by atoms with van der Waals surface area (Å²) >= 11 is 0. The Labute approximate surface area is 144 Å². The number of hydrogen-bond donors (Lipinski definition) is 2. The summed E-state index contributed by atoms with van der Waals surface area (Å²) in [5.74, 6) is 0.474. The van der Waals surface area contributed by atoms with E-state index in [0.717, 1.165) is 24.3 Å². The molecule has 3 heterocycles. The lowest BCUT2D eigenvalue weighted by molar-refractivity contribution is 0.102. The van der Waals surface area contributed by atoms with Crippen LogP contribution in [0.25, 0.3) is 10.9 Å². The van der Waals surface area contributed by atoms with E-state index in [2.05, 4.69) is 20.2 Å². The molecular formula is C19H18N4O2. The minimum atomic E-state index is -0.442. The first-order valence-electron chi connectivity index (χ1n) is 8.35. The third-order valence-corrected chi connectivity index (χ3v) is 4.43. The van der Waals surface area contributed by atoms with Crippen LogP contribution in [0.4, 0.5) is 11.5 Å². The highest BCUT2D eigenvalue weighted by Gasteiger charge is 2.15. The van der Waals surface area contributed by atoms with E-state index in [1.54, 1.807) is 18.3 Å². The second kappa shape index (κ2) is 6.39. The van der Waals surface area contributed by atoms with Crippen LogP contribution in [0.15, 0.2) is 53.5 Å². The number of pyridine rings is 2. The van der Waals surface area contributed by atoms with Gasteiger partial charge < -0.3 is 15.2 Å². The molecule has 3 aromatic rings. The Morgan fingerprint density at radius 1 is 1.12 bits per heavy atom. The van der Waals surface area contributed by atoms with Crippen molar-refractivity contribution in [3.63, 3.8) is 0 Å². The van der Waals surface area contributed by atoms with Crippen LogP contribution in [0.2, 0.25) is 0 Å². The molecule has 25 heavy (non-hydrogen) atoms. The third kappa shape index (κ3) is 3.10. The van der Waals surface area contributed by atoms with E-state index in [4.69, 9.17) is 0 Å². The smallest absolute Gasteiger partial charge is 0.261 e. The number of hydrogen-bond acceptors (Lipinski definition) is 4. The van der Waals surface area contributed by atoms with Crippen LogP contribution in [-0.2, 0) is 0 Å². The predicted molar refractivity (Wildman–Crippen MR) is 98.2 cm³/mol. The molecule has 1 aliphatic rings. The Morgan fingerprint density at radius 2 is 1.92 bits per heavy atom. The zero-order chi connectivity index (χ0) is 17.2. The highest BCUT2D eigenvalue weighted by molar-refractivity contribution is 6.05.